The van der Waals surface area contributed by atoms with Gasteiger partial charge in [0, 0.05) is 16.2 Å². The molecule has 0 radical (unpaired) electrons. The summed E-state index contributed by atoms with van der Waals surface area (Å²) in [6.07, 6.45) is 0. The minimum atomic E-state index is -1.42. The van der Waals surface area contributed by atoms with Crippen molar-refractivity contribution in [3.05, 3.63) is 47.9 Å². The lowest BCUT2D eigenvalue weighted by atomic mass is 10.0. The van der Waals surface area contributed by atoms with Crippen molar-refractivity contribution in [2.45, 2.75) is 0 Å². The lowest BCUT2D eigenvalue weighted by Gasteiger charge is -1.99. The number of carboxylic acids is 2. The SMILES string of the molecule is O=C([O-])c1cc2c(ccc3ccc4oc(C(=O)[O-])cc4c32)o1. The number of carbonyl (C=O) groups excluding carboxylic acids is 2. The Morgan fingerprint density at radius 2 is 1.23 bits per heavy atom. The molecule has 0 N–H and O–H groups in total. The summed E-state index contributed by atoms with van der Waals surface area (Å²) >= 11 is 0. The van der Waals surface area contributed by atoms with Crippen LogP contribution in [0.25, 0.3) is 32.7 Å². The van der Waals surface area contributed by atoms with E-state index in [1.165, 1.54) is 12.1 Å². The molecular formula is C16H6O6-2. The van der Waals surface area contributed by atoms with Crippen LogP contribution >= 0.6 is 0 Å². The van der Waals surface area contributed by atoms with Gasteiger partial charge in [0.15, 0.2) is 11.5 Å². The van der Waals surface area contributed by atoms with Crippen LogP contribution < -0.4 is 10.2 Å². The third kappa shape index (κ3) is 1.61. The number of rotatable bonds is 2. The number of carboxylic acid groups (broad SMARTS) is 2. The molecule has 0 amide bonds. The van der Waals surface area contributed by atoms with E-state index in [2.05, 4.69) is 0 Å². The topological polar surface area (TPSA) is 107 Å². The fourth-order valence-corrected chi connectivity index (χ4v) is 2.66. The van der Waals surface area contributed by atoms with Crippen LogP contribution in [-0.2, 0) is 0 Å². The first-order valence-corrected chi connectivity index (χ1v) is 6.36. The van der Waals surface area contributed by atoms with E-state index in [-0.39, 0.29) is 11.5 Å². The summed E-state index contributed by atoms with van der Waals surface area (Å²) in [6, 6.07) is 9.53. The van der Waals surface area contributed by atoms with E-state index in [4.69, 9.17) is 8.83 Å². The van der Waals surface area contributed by atoms with Gasteiger partial charge in [0.2, 0.25) is 0 Å². The molecule has 0 saturated carbocycles. The highest BCUT2D eigenvalue weighted by Crippen LogP contribution is 2.35. The zero-order valence-electron chi connectivity index (χ0n) is 10.9. The van der Waals surface area contributed by atoms with Crippen LogP contribution in [0.15, 0.2) is 45.2 Å². The number of aromatic carboxylic acids is 2. The maximum absolute atomic E-state index is 11.0. The third-order valence-electron chi connectivity index (χ3n) is 3.58. The zero-order chi connectivity index (χ0) is 15.4. The predicted molar refractivity (Wildman–Crippen MR) is 72.2 cm³/mol. The molecule has 4 rings (SSSR count). The molecule has 0 aliphatic heterocycles. The van der Waals surface area contributed by atoms with Gasteiger partial charge in [-0.1, -0.05) is 12.1 Å². The van der Waals surface area contributed by atoms with Gasteiger partial charge in [-0.3, -0.25) is 0 Å². The molecule has 0 spiro atoms. The molecule has 6 nitrogen and oxygen atoms in total. The summed E-state index contributed by atoms with van der Waals surface area (Å²) in [5.41, 5.74) is 0.741. The molecular weight excluding hydrogens is 288 g/mol. The van der Waals surface area contributed by atoms with Crippen LogP contribution in [0.5, 0.6) is 0 Å². The first-order valence-electron chi connectivity index (χ1n) is 6.36. The Morgan fingerprint density at radius 3 is 1.64 bits per heavy atom. The maximum Gasteiger partial charge on any atom is 0.150 e. The second-order valence-corrected chi connectivity index (χ2v) is 4.85. The van der Waals surface area contributed by atoms with Crippen LogP contribution in [0.1, 0.15) is 21.1 Å². The van der Waals surface area contributed by atoms with E-state index in [1.807, 2.05) is 0 Å². The van der Waals surface area contributed by atoms with E-state index in [1.54, 1.807) is 24.3 Å². The lowest BCUT2D eigenvalue weighted by Crippen LogP contribution is -2.21. The second-order valence-electron chi connectivity index (χ2n) is 4.85. The lowest BCUT2D eigenvalue weighted by molar-refractivity contribution is -0.258. The minimum Gasteiger partial charge on any atom is -0.542 e. The summed E-state index contributed by atoms with van der Waals surface area (Å²) < 4.78 is 10.4. The Morgan fingerprint density at radius 1 is 0.773 bits per heavy atom. The average molecular weight is 294 g/mol. The summed E-state index contributed by atoms with van der Waals surface area (Å²) in [5.74, 6) is -3.41. The summed E-state index contributed by atoms with van der Waals surface area (Å²) in [7, 11) is 0. The molecule has 108 valence electrons. The quantitative estimate of drug-likeness (QED) is 0.547. The molecule has 4 aromatic rings. The molecule has 0 unspecified atom stereocenters. The monoisotopic (exact) mass is 294 g/mol. The molecule has 6 heteroatoms. The van der Waals surface area contributed by atoms with Gasteiger partial charge in [0.05, 0.1) is 0 Å². The molecule has 0 atom stereocenters. The van der Waals surface area contributed by atoms with E-state index in [9.17, 15) is 19.8 Å². The van der Waals surface area contributed by atoms with Crippen molar-refractivity contribution in [3.8, 4) is 0 Å². The van der Waals surface area contributed by atoms with Crippen molar-refractivity contribution in [3.63, 3.8) is 0 Å². The number of furan rings is 2. The van der Waals surface area contributed by atoms with Gasteiger partial charge in [0.25, 0.3) is 0 Å². The molecule has 0 aliphatic carbocycles. The van der Waals surface area contributed by atoms with Gasteiger partial charge >= 0.3 is 0 Å². The van der Waals surface area contributed by atoms with Crippen LogP contribution in [0.2, 0.25) is 0 Å². The van der Waals surface area contributed by atoms with E-state index in [0.717, 1.165) is 5.39 Å². The van der Waals surface area contributed by atoms with Crippen molar-refractivity contribution in [1.29, 1.82) is 0 Å². The summed E-state index contributed by atoms with van der Waals surface area (Å²) in [5, 5.41) is 24.5. The highest BCUT2D eigenvalue weighted by Gasteiger charge is 2.13. The molecule has 2 heterocycles. The molecule has 2 aromatic heterocycles. The molecule has 22 heavy (non-hydrogen) atoms. The van der Waals surface area contributed by atoms with Crippen molar-refractivity contribution in [2.24, 2.45) is 0 Å². The zero-order valence-corrected chi connectivity index (χ0v) is 10.9. The Balaban J connectivity index is 2.19. The molecule has 0 fully saturated rings. The normalized spacial score (nSPS) is 11.5. The van der Waals surface area contributed by atoms with E-state index in [0.29, 0.717) is 27.3 Å². The van der Waals surface area contributed by atoms with Crippen LogP contribution in [-0.4, -0.2) is 11.9 Å². The van der Waals surface area contributed by atoms with Crippen molar-refractivity contribution >= 4 is 44.6 Å². The number of carbonyl (C=O) groups is 2. The Labute approximate surface area is 122 Å². The number of hydrogen-bond donors (Lipinski definition) is 0. The van der Waals surface area contributed by atoms with Crippen LogP contribution in [0.4, 0.5) is 0 Å². The van der Waals surface area contributed by atoms with Crippen molar-refractivity contribution in [2.75, 3.05) is 0 Å². The van der Waals surface area contributed by atoms with Crippen LogP contribution in [0.3, 0.4) is 0 Å². The minimum absolute atomic E-state index is 0.289. The van der Waals surface area contributed by atoms with Gasteiger partial charge in [-0.05, 0) is 29.7 Å². The summed E-state index contributed by atoms with van der Waals surface area (Å²) in [4.78, 5) is 21.9. The highest BCUT2D eigenvalue weighted by molar-refractivity contribution is 6.20. The van der Waals surface area contributed by atoms with Crippen LogP contribution in [0, 0.1) is 0 Å². The second kappa shape index (κ2) is 4.11. The smallest absolute Gasteiger partial charge is 0.150 e. The van der Waals surface area contributed by atoms with E-state index < -0.39 is 11.9 Å². The fraction of sp³-hybridized carbons (Fsp3) is 0. The van der Waals surface area contributed by atoms with Gasteiger partial charge in [-0.2, -0.15) is 0 Å². The number of benzene rings is 2. The number of fused-ring (bicyclic) bond motifs is 5. The van der Waals surface area contributed by atoms with E-state index >= 15 is 0 Å². The largest absolute Gasteiger partial charge is 0.542 e. The third-order valence-corrected chi connectivity index (χ3v) is 3.58. The van der Waals surface area contributed by atoms with Gasteiger partial charge in [0.1, 0.15) is 23.1 Å². The average Bonchev–Trinajstić information content (AvgIpc) is 3.10. The predicted octanol–water partition coefficient (Wildman–Crippen LogP) is 1.06. The number of hydrogen-bond acceptors (Lipinski definition) is 6. The van der Waals surface area contributed by atoms with Crippen molar-refractivity contribution in [1.82, 2.24) is 0 Å². The standard InChI is InChI=1S/C16H8O6/c17-15(18)12-5-8-10(21-12)3-1-7-2-4-11-9(14(7)8)6-13(22-11)16(19)20/h1-6H,(H,17,18)(H,19,20)/p-2. The fourth-order valence-electron chi connectivity index (χ4n) is 2.66. The summed E-state index contributed by atoms with van der Waals surface area (Å²) in [6.45, 7) is 0. The Kier molecular flexibility index (Phi) is 2.33. The Bertz CT molecular complexity index is 999. The Hall–Kier alpha value is -3.28. The molecule has 0 aliphatic rings. The van der Waals surface area contributed by atoms with Gasteiger partial charge in [-0.25, -0.2) is 0 Å². The maximum atomic E-state index is 11.0. The van der Waals surface area contributed by atoms with Gasteiger partial charge in [-0.15, -0.1) is 0 Å². The molecule has 2 aromatic carbocycles. The first kappa shape index (κ1) is 12.5. The molecule has 0 saturated heterocycles. The van der Waals surface area contributed by atoms with Gasteiger partial charge < -0.3 is 28.6 Å². The molecule has 0 bridgehead atoms. The highest BCUT2D eigenvalue weighted by atomic mass is 16.4. The van der Waals surface area contributed by atoms with Crippen molar-refractivity contribution < 1.29 is 28.6 Å². The first-order chi connectivity index (χ1) is 10.5.